The standard InChI is InChI=1S/C52H80S4/c1-7-11-15-19-23-27-31-43-38-49(54-42(43)6)50-40-46(34-30-26-22-18-14-10-4)52(56-50)51-39-45(33-29-25-21-17-13-9-3)48(55-51)36-35-47-44(37-41(5)53-47)32-28-24-20-16-12-8-2/h35-40H,7-34H2,1-6H3/b36-35+. The zero-order valence-electron chi connectivity index (χ0n) is 36.9. The number of rotatable bonds is 32. The van der Waals surface area contributed by atoms with Crippen LogP contribution in [0.25, 0.3) is 31.7 Å². The van der Waals surface area contributed by atoms with Crippen LogP contribution in [0.5, 0.6) is 0 Å². The van der Waals surface area contributed by atoms with Gasteiger partial charge in [-0.05, 0) is 124 Å². The maximum Gasteiger partial charge on any atom is 0.0481 e. The third-order valence-electron chi connectivity index (χ3n) is 11.7. The molecule has 0 fully saturated rings. The topological polar surface area (TPSA) is 0 Å². The van der Waals surface area contributed by atoms with Crippen molar-refractivity contribution in [1.82, 2.24) is 0 Å². The Morgan fingerprint density at radius 1 is 0.357 bits per heavy atom. The highest BCUT2D eigenvalue weighted by molar-refractivity contribution is 7.27. The highest BCUT2D eigenvalue weighted by atomic mass is 32.1. The molecule has 4 aromatic rings. The summed E-state index contributed by atoms with van der Waals surface area (Å²) in [5.41, 5.74) is 6.34. The number of hydrogen-bond donors (Lipinski definition) is 0. The van der Waals surface area contributed by atoms with Crippen molar-refractivity contribution in [2.45, 2.75) is 221 Å². The summed E-state index contributed by atoms with van der Waals surface area (Å²) in [5.74, 6) is 0. The Hall–Kier alpha value is -1.46. The van der Waals surface area contributed by atoms with Crippen LogP contribution < -0.4 is 0 Å². The van der Waals surface area contributed by atoms with E-state index < -0.39 is 0 Å². The molecule has 4 rings (SSSR count). The van der Waals surface area contributed by atoms with Crippen molar-refractivity contribution in [2.75, 3.05) is 0 Å². The van der Waals surface area contributed by atoms with Gasteiger partial charge >= 0.3 is 0 Å². The van der Waals surface area contributed by atoms with Gasteiger partial charge in [0.25, 0.3) is 0 Å². The molecule has 0 N–H and O–H groups in total. The van der Waals surface area contributed by atoms with E-state index in [1.54, 1.807) is 27.1 Å². The second kappa shape index (κ2) is 28.1. The zero-order valence-corrected chi connectivity index (χ0v) is 40.2. The molecule has 0 aliphatic carbocycles. The molecule has 0 bridgehead atoms. The lowest BCUT2D eigenvalue weighted by Gasteiger charge is -2.03. The van der Waals surface area contributed by atoms with Gasteiger partial charge in [-0.1, -0.05) is 156 Å². The highest BCUT2D eigenvalue weighted by Gasteiger charge is 2.19. The number of thiophene rings is 4. The minimum absolute atomic E-state index is 1.20. The summed E-state index contributed by atoms with van der Waals surface area (Å²) in [6.07, 6.45) is 42.5. The number of unbranched alkanes of at least 4 members (excludes halogenated alkanes) is 20. The molecule has 4 heterocycles. The molecule has 56 heavy (non-hydrogen) atoms. The first-order chi connectivity index (χ1) is 27.5. The van der Waals surface area contributed by atoms with E-state index in [-0.39, 0.29) is 0 Å². The summed E-state index contributed by atoms with van der Waals surface area (Å²) in [5, 5.41) is 0. The molecule has 0 atom stereocenters. The summed E-state index contributed by atoms with van der Waals surface area (Å²) >= 11 is 8.21. The van der Waals surface area contributed by atoms with E-state index in [1.165, 1.54) is 214 Å². The van der Waals surface area contributed by atoms with Crippen molar-refractivity contribution < 1.29 is 0 Å². The molecule has 0 saturated heterocycles. The van der Waals surface area contributed by atoms with Gasteiger partial charge in [-0.3, -0.25) is 0 Å². The van der Waals surface area contributed by atoms with Crippen molar-refractivity contribution in [3.8, 4) is 19.5 Å². The molecule has 0 aliphatic rings. The molecule has 4 aromatic heterocycles. The van der Waals surface area contributed by atoms with Gasteiger partial charge in [0.1, 0.15) is 0 Å². The second-order valence-electron chi connectivity index (χ2n) is 16.8. The van der Waals surface area contributed by atoms with Crippen LogP contribution in [0.1, 0.15) is 224 Å². The average molecular weight is 833 g/mol. The van der Waals surface area contributed by atoms with Crippen LogP contribution >= 0.6 is 45.3 Å². The average Bonchev–Trinajstić information content (AvgIpc) is 3.98. The fourth-order valence-corrected chi connectivity index (χ4v) is 12.8. The Morgan fingerprint density at radius 3 is 1.25 bits per heavy atom. The molecule has 0 radical (unpaired) electrons. The smallest absolute Gasteiger partial charge is 0.0481 e. The maximum absolute atomic E-state index is 2.62. The van der Waals surface area contributed by atoms with E-state index in [0.717, 1.165) is 0 Å². The predicted molar refractivity (Wildman–Crippen MR) is 262 cm³/mol. The van der Waals surface area contributed by atoms with Crippen molar-refractivity contribution in [3.05, 3.63) is 66.0 Å². The first kappa shape index (κ1) is 47.2. The number of hydrogen-bond acceptors (Lipinski definition) is 4. The Balaban J connectivity index is 1.59. The van der Waals surface area contributed by atoms with E-state index in [1.807, 2.05) is 22.7 Å². The van der Waals surface area contributed by atoms with Gasteiger partial charge in [0.2, 0.25) is 0 Å². The van der Waals surface area contributed by atoms with Crippen molar-refractivity contribution >= 4 is 57.5 Å². The van der Waals surface area contributed by atoms with Crippen LogP contribution in [-0.2, 0) is 25.7 Å². The van der Waals surface area contributed by atoms with E-state index in [2.05, 4.69) is 101 Å². The first-order valence-electron chi connectivity index (χ1n) is 23.6. The molecule has 4 heteroatoms. The molecule has 0 spiro atoms. The van der Waals surface area contributed by atoms with Crippen LogP contribution in [0.4, 0.5) is 0 Å². The van der Waals surface area contributed by atoms with Crippen LogP contribution in [0, 0.1) is 13.8 Å². The van der Waals surface area contributed by atoms with Gasteiger partial charge in [-0.25, -0.2) is 0 Å². The fraction of sp³-hybridized carbons (Fsp3) is 0.654. The lowest BCUT2D eigenvalue weighted by atomic mass is 10.0. The zero-order chi connectivity index (χ0) is 39.8. The lowest BCUT2D eigenvalue weighted by molar-refractivity contribution is 0.607. The molecule has 0 saturated carbocycles. The van der Waals surface area contributed by atoms with Gasteiger partial charge in [0, 0.05) is 39.0 Å². The largest absolute Gasteiger partial charge is 0.141 e. The third kappa shape index (κ3) is 16.7. The van der Waals surface area contributed by atoms with E-state index in [0.29, 0.717) is 0 Å². The maximum atomic E-state index is 2.62. The van der Waals surface area contributed by atoms with Gasteiger partial charge in [-0.2, -0.15) is 0 Å². The quantitative estimate of drug-likeness (QED) is 0.0430. The third-order valence-corrected chi connectivity index (χ3v) is 16.5. The summed E-state index contributed by atoms with van der Waals surface area (Å²) in [4.78, 5) is 12.0. The second-order valence-corrected chi connectivity index (χ2v) is 21.5. The summed E-state index contributed by atoms with van der Waals surface area (Å²) in [7, 11) is 0. The van der Waals surface area contributed by atoms with Gasteiger partial charge < -0.3 is 0 Å². The van der Waals surface area contributed by atoms with Gasteiger partial charge in [0.05, 0.1) is 0 Å². The summed E-state index contributed by atoms with van der Waals surface area (Å²) in [6, 6.07) is 10.3. The molecular weight excluding hydrogens is 753 g/mol. The van der Waals surface area contributed by atoms with E-state index in [9.17, 15) is 0 Å². The monoisotopic (exact) mass is 833 g/mol. The van der Waals surface area contributed by atoms with Crippen molar-refractivity contribution in [1.29, 1.82) is 0 Å². The normalized spacial score (nSPS) is 11.9. The molecule has 0 unspecified atom stereocenters. The van der Waals surface area contributed by atoms with Crippen LogP contribution in [0.15, 0.2) is 24.3 Å². The van der Waals surface area contributed by atoms with E-state index >= 15 is 0 Å². The van der Waals surface area contributed by atoms with Crippen LogP contribution in [0.2, 0.25) is 0 Å². The molecule has 312 valence electrons. The SMILES string of the molecule is CCCCCCCCc1cc(-c2cc(CCCCCCCC)c(-c3cc(CCCCCCCC)c(/C=C/c4sc(C)cc4CCCCCCCC)s3)s2)sc1C. The van der Waals surface area contributed by atoms with Crippen LogP contribution in [-0.4, -0.2) is 0 Å². The molecule has 0 aliphatic heterocycles. The lowest BCUT2D eigenvalue weighted by Crippen LogP contribution is -1.87. The van der Waals surface area contributed by atoms with Gasteiger partial charge in [0.15, 0.2) is 0 Å². The van der Waals surface area contributed by atoms with Gasteiger partial charge in [-0.15, -0.1) is 45.3 Å². The number of aryl methyl sites for hydroxylation is 6. The molecular formula is C52H80S4. The van der Waals surface area contributed by atoms with Crippen LogP contribution in [0.3, 0.4) is 0 Å². The first-order valence-corrected chi connectivity index (χ1v) is 26.9. The Bertz CT molecular complexity index is 1640. The Labute approximate surface area is 362 Å². The fourth-order valence-electron chi connectivity index (χ4n) is 8.18. The Morgan fingerprint density at radius 2 is 0.732 bits per heavy atom. The Kier molecular flexibility index (Phi) is 23.7. The predicted octanol–water partition coefficient (Wildman–Crippen LogP) is 19.7. The summed E-state index contributed by atoms with van der Waals surface area (Å²) < 4.78 is 0. The minimum Gasteiger partial charge on any atom is -0.141 e. The van der Waals surface area contributed by atoms with Crippen molar-refractivity contribution in [3.63, 3.8) is 0 Å². The molecule has 0 amide bonds. The highest BCUT2D eigenvalue weighted by Crippen LogP contribution is 2.46. The van der Waals surface area contributed by atoms with E-state index in [4.69, 9.17) is 0 Å². The molecule has 0 nitrogen and oxygen atoms in total. The molecule has 0 aromatic carbocycles. The minimum atomic E-state index is 1.20. The summed E-state index contributed by atoms with van der Waals surface area (Å²) in [6.45, 7) is 13.9. The van der Waals surface area contributed by atoms with Crippen molar-refractivity contribution in [2.24, 2.45) is 0 Å².